The van der Waals surface area contributed by atoms with Crippen molar-refractivity contribution < 1.29 is 8.42 Å². The van der Waals surface area contributed by atoms with E-state index in [0.29, 0.717) is 13.1 Å². The van der Waals surface area contributed by atoms with Crippen molar-refractivity contribution in [3.8, 4) is 0 Å². The number of H-pyrrole nitrogens is 1. The Bertz CT molecular complexity index is 826. The summed E-state index contributed by atoms with van der Waals surface area (Å²) in [5.41, 5.74) is 0.308. The van der Waals surface area contributed by atoms with Crippen LogP contribution in [0.1, 0.15) is 24.5 Å². The topological polar surface area (TPSA) is 101 Å². The zero-order valence-electron chi connectivity index (χ0n) is 12.1. The van der Waals surface area contributed by atoms with Crippen molar-refractivity contribution >= 4 is 10.0 Å². The van der Waals surface area contributed by atoms with Crippen molar-refractivity contribution in [1.29, 1.82) is 0 Å². The van der Waals surface area contributed by atoms with Crippen molar-refractivity contribution in [3.63, 3.8) is 0 Å². The number of hydrogen-bond donors (Lipinski definition) is 1. The molecule has 1 atom stereocenters. The van der Waals surface area contributed by atoms with Gasteiger partial charge in [0.05, 0.1) is 6.33 Å². The molecule has 2 aromatic heterocycles. The number of aromatic amines is 1. The van der Waals surface area contributed by atoms with Gasteiger partial charge in [0.15, 0.2) is 5.03 Å². The minimum Gasteiger partial charge on any atom is -0.339 e. The number of imidazole rings is 1. The summed E-state index contributed by atoms with van der Waals surface area (Å²) in [4.78, 5) is 21.5. The Hall–Kier alpha value is -2.00. The van der Waals surface area contributed by atoms with E-state index in [2.05, 4.69) is 15.0 Å². The quantitative estimate of drug-likeness (QED) is 0.861. The predicted molar refractivity (Wildman–Crippen MR) is 78.8 cm³/mol. The molecule has 1 fully saturated rings. The van der Waals surface area contributed by atoms with E-state index in [-0.39, 0.29) is 10.9 Å². The average molecular weight is 323 g/mol. The molecule has 22 heavy (non-hydrogen) atoms. The van der Waals surface area contributed by atoms with E-state index in [4.69, 9.17) is 0 Å². The van der Waals surface area contributed by atoms with Crippen molar-refractivity contribution in [1.82, 2.24) is 23.8 Å². The Labute approximate surface area is 127 Å². The molecular formula is C13H17N5O3S. The number of aryl methyl sites for hydroxylation is 1. The summed E-state index contributed by atoms with van der Waals surface area (Å²) in [6, 6.07) is 1.73. The standard InChI is InChI=1S/C13H17N5O3S/c1-17-8-12(15-9-17)22(20,21)18-6-2-3-10(7-18)11-4-5-14-13(19)16-11/h4-5,8-10H,2-3,6-7H2,1H3,(H,14,16,19)/t10-/m0/s1. The lowest BCUT2D eigenvalue weighted by atomic mass is 9.96. The summed E-state index contributed by atoms with van der Waals surface area (Å²) in [5.74, 6) is -0.0389. The number of aromatic nitrogens is 4. The molecule has 0 bridgehead atoms. The maximum Gasteiger partial charge on any atom is 0.345 e. The summed E-state index contributed by atoms with van der Waals surface area (Å²) in [6.45, 7) is 0.795. The summed E-state index contributed by atoms with van der Waals surface area (Å²) in [6.07, 6.45) is 5.97. The maximum absolute atomic E-state index is 12.6. The second kappa shape index (κ2) is 5.65. The molecule has 0 aromatic carbocycles. The van der Waals surface area contributed by atoms with Gasteiger partial charge >= 0.3 is 5.69 Å². The average Bonchev–Trinajstić information content (AvgIpc) is 2.95. The molecule has 3 heterocycles. The summed E-state index contributed by atoms with van der Waals surface area (Å²) in [5, 5.41) is 0.0545. The molecule has 8 nitrogen and oxygen atoms in total. The molecule has 1 aliphatic rings. The molecule has 118 valence electrons. The Morgan fingerprint density at radius 3 is 2.86 bits per heavy atom. The smallest absolute Gasteiger partial charge is 0.339 e. The zero-order chi connectivity index (χ0) is 15.7. The number of sulfonamides is 1. The fraction of sp³-hybridized carbons (Fsp3) is 0.462. The van der Waals surface area contributed by atoms with Gasteiger partial charge in [-0.3, -0.25) is 0 Å². The number of nitrogens with one attached hydrogen (secondary N) is 1. The highest BCUT2D eigenvalue weighted by molar-refractivity contribution is 7.89. The Balaban J connectivity index is 1.85. The molecule has 0 radical (unpaired) electrons. The lowest BCUT2D eigenvalue weighted by molar-refractivity contribution is 0.311. The van der Waals surface area contributed by atoms with Crippen LogP contribution in [0.2, 0.25) is 0 Å². The van der Waals surface area contributed by atoms with Crippen LogP contribution in [0.15, 0.2) is 34.6 Å². The van der Waals surface area contributed by atoms with Gasteiger partial charge in [-0.05, 0) is 18.9 Å². The Kier molecular flexibility index (Phi) is 3.83. The molecule has 0 saturated carbocycles. The van der Waals surface area contributed by atoms with Crippen LogP contribution < -0.4 is 5.69 Å². The van der Waals surface area contributed by atoms with E-state index in [0.717, 1.165) is 18.5 Å². The van der Waals surface area contributed by atoms with Crippen LogP contribution in [0.3, 0.4) is 0 Å². The highest BCUT2D eigenvalue weighted by Crippen LogP contribution is 2.28. The van der Waals surface area contributed by atoms with Crippen LogP contribution in [0.4, 0.5) is 0 Å². The van der Waals surface area contributed by atoms with Crippen molar-refractivity contribution in [2.75, 3.05) is 13.1 Å². The fourth-order valence-corrected chi connectivity index (χ4v) is 4.18. The third-order valence-electron chi connectivity index (χ3n) is 3.81. The molecule has 0 spiro atoms. The first-order valence-corrected chi connectivity index (χ1v) is 8.44. The van der Waals surface area contributed by atoms with Gasteiger partial charge in [0.2, 0.25) is 0 Å². The van der Waals surface area contributed by atoms with Gasteiger partial charge in [0, 0.05) is 44.1 Å². The minimum absolute atomic E-state index is 0.0389. The van der Waals surface area contributed by atoms with Gasteiger partial charge in [-0.1, -0.05) is 0 Å². The molecule has 1 aliphatic heterocycles. The van der Waals surface area contributed by atoms with Gasteiger partial charge in [-0.2, -0.15) is 4.31 Å². The molecule has 0 aliphatic carbocycles. The molecule has 3 rings (SSSR count). The second-order valence-corrected chi connectivity index (χ2v) is 7.29. The number of hydrogen-bond acceptors (Lipinski definition) is 5. The summed E-state index contributed by atoms with van der Waals surface area (Å²) < 4.78 is 28.3. The fourth-order valence-electron chi connectivity index (χ4n) is 2.69. The maximum atomic E-state index is 12.6. The van der Waals surface area contributed by atoms with E-state index in [1.54, 1.807) is 17.7 Å². The lowest BCUT2D eigenvalue weighted by Crippen LogP contribution is -2.39. The molecule has 1 N–H and O–H groups in total. The Morgan fingerprint density at radius 2 is 2.18 bits per heavy atom. The summed E-state index contributed by atoms with van der Waals surface area (Å²) in [7, 11) is -1.87. The third-order valence-corrected chi connectivity index (χ3v) is 5.56. The third kappa shape index (κ3) is 2.81. The largest absolute Gasteiger partial charge is 0.345 e. The van der Waals surface area contributed by atoms with E-state index in [1.165, 1.54) is 23.0 Å². The lowest BCUT2D eigenvalue weighted by Gasteiger charge is -2.31. The van der Waals surface area contributed by atoms with Crippen LogP contribution in [0, 0.1) is 0 Å². The van der Waals surface area contributed by atoms with Gasteiger partial charge in [-0.15, -0.1) is 0 Å². The van der Waals surface area contributed by atoms with Crippen LogP contribution in [-0.2, 0) is 17.1 Å². The first-order valence-electron chi connectivity index (χ1n) is 7.00. The highest BCUT2D eigenvalue weighted by atomic mass is 32.2. The van der Waals surface area contributed by atoms with Gasteiger partial charge in [0.25, 0.3) is 10.0 Å². The summed E-state index contributed by atoms with van der Waals surface area (Å²) >= 11 is 0. The van der Waals surface area contributed by atoms with E-state index in [1.807, 2.05) is 0 Å². The molecule has 1 saturated heterocycles. The highest BCUT2D eigenvalue weighted by Gasteiger charge is 2.32. The van der Waals surface area contributed by atoms with Crippen molar-refractivity contribution in [2.45, 2.75) is 23.8 Å². The number of rotatable bonds is 3. The molecule has 0 unspecified atom stereocenters. The van der Waals surface area contributed by atoms with Crippen LogP contribution >= 0.6 is 0 Å². The number of piperidine rings is 1. The molecular weight excluding hydrogens is 306 g/mol. The van der Waals surface area contributed by atoms with Crippen LogP contribution in [0.5, 0.6) is 0 Å². The van der Waals surface area contributed by atoms with E-state index in [9.17, 15) is 13.2 Å². The minimum atomic E-state index is -3.60. The predicted octanol–water partition coefficient (Wildman–Crippen LogP) is 0.0717. The van der Waals surface area contributed by atoms with Crippen molar-refractivity contribution in [3.05, 3.63) is 41.0 Å². The SMILES string of the molecule is Cn1cnc(S(=O)(=O)N2CCC[C@H](c3ccnc(=O)[nH]3)C2)c1. The number of nitrogens with zero attached hydrogens (tertiary/aromatic N) is 4. The van der Waals surface area contributed by atoms with Crippen LogP contribution in [-0.4, -0.2) is 45.3 Å². The normalized spacial score (nSPS) is 20.1. The monoisotopic (exact) mass is 323 g/mol. The molecule has 0 amide bonds. The van der Waals surface area contributed by atoms with Crippen molar-refractivity contribution in [2.24, 2.45) is 7.05 Å². The van der Waals surface area contributed by atoms with Gasteiger partial charge in [0.1, 0.15) is 0 Å². The zero-order valence-corrected chi connectivity index (χ0v) is 13.0. The van der Waals surface area contributed by atoms with Gasteiger partial charge in [-0.25, -0.2) is 23.2 Å². The first kappa shape index (κ1) is 14.9. The van der Waals surface area contributed by atoms with Gasteiger partial charge < -0.3 is 9.55 Å². The first-order chi connectivity index (χ1) is 10.5. The van der Waals surface area contributed by atoms with E-state index < -0.39 is 15.7 Å². The van der Waals surface area contributed by atoms with Crippen LogP contribution in [0.25, 0.3) is 0 Å². The molecule has 2 aromatic rings. The Morgan fingerprint density at radius 1 is 1.36 bits per heavy atom. The molecule has 9 heteroatoms. The second-order valence-electron chi connectivity index (χ2n) is 5.41. The van der Waals surface area contributed by atoms with E-state index >= 15 is 0 Å².